The van der Waals surface area contributed by atoms with Crippen LogP contribution in [0.4, 0.5) is 5.69 Å². The molecule has 0 fully saturated rings. The molecule has 0 unspecified atom stereocenters. The number of para-hydroxylation sites is 1. The Kier molecular flexibility index (Phi) is 4.38. The molecule has 2 heterocycles. The number of anilines is 1. The van der Waals surface area contributed by atoms with E-state index in [-0.39, 0.29) is 11.0 Å². The quantitative estimate of drug-likeness (QED) is 0.773. The molecule has 0 aliphatic carbocycles. The van der Waals surface area contributed by atoms with E-state index in [1.54, 1.807) is 31.3 Å². The van der Waals surface area contributed by atoms with Crippen molar-refractivity contribution in [3.63, 3.8) is 0 Å². The van der Waals surface area contributed by atoms with E-state index in [1.807, 2.05) is 18.2 Å². The standard InChI is InChI=1S/C18H15N3O3/c1-12-9-16(22)14(10-20-12)18(23)21-15-11-19-8-7-17(15)24-13-5-3-2-4-6-13/h2-11H,1H3,(H,20,22)(H,21,23). The van der Waals surface area contributed by atoms with Gasteiger partial charge < -0.3 is 15.0 Å². The molecule has 24 heavy (non-hydrogen) atoms. The summed E-state index contributed by atoms with van der Waals surface area (Å²) in [6.45, 7) is 1.75. The molecule has 0 aliphatic heterocycles. The third-order valence-corrected chi connectivity index (χ3v) is 3.30. The molecule has 1 aromatic carbocycles. The molecule has 0 spiro atoms. The van der Waals surface area contributed by atoms with Gasteiger partial charge in [-0.3, -0.25) is 14.6 Å². The molecular formula is C18H15N3O3. The second-order valence-corrected chi connectivity index (χ2v) is 5.14. The summed E-state index contributed by atoms with van der Waals surface area (Å²) in [5.74, 6) is 0.544. The lowest BCUT2D eigenvalue weighted by Crippen LogP contribution is -2.21. The van der Waals surface area contributed by atoms with Gasteiger partial charge in [-0.1, -0.05) is 18.2 Å². The molecule has 0 saturated carbocycles. The van der Waals surface area contributed by atoms with Crippen LogP contribution in [0.15, 0.2) is 65.8 Å². The van der Waals surface area contributed by atoms with Crippen LogP contribution >= 0.6 is 0 Å². The number of hydrogen-bond donors (Lipinski definition) is 2. The Labute approximate surface area is 138 Å². The largest absolute Gasteiger partial charge is 0.455 e. The highest BCUT2D eigenvalue weighted by atomic mass is 16.5. The van der Waals surface area contributed by atoms with Crippen LogP contribution in [0.1, 0.15) is 16.1 Å². The Balaban J connectivity index is 1.85. The van der Waals surface area contributed by atoms with Crippen molar-refractivity contribution in [3.8, 4) is 11.5 Å². The van der Waals surface area contributed by atoms with Crippen LogP contribution in [0, 0.1) is 6.92 Å². The van der Waals surface area contributed by atoms with Crippen LogP contribution in [0.5, 0.6) is 11.5 Å². The molecule has 2 N–H and O–H groups in total. The molecule has 0 radical (unpaired) electrons. The van der Waals surface area contributed by atoms with Gasteiger partial charge in [-0.25, -0.2) is 0 Å². The number of aryl methyl sites for hydroxylation is 1. The Morgan fingerprint density at radius 1 is 1.21 bits per heavy atom. The van der Waals surface area contributed by atoms with Crippen molar-refractivity contribution in [1.82, 2.24) is 9.97 Å². The Morgan fingerprint density at radius 3 is 2.75 bits per heavy atom. The van der Waals surface area contributed by atoms with E-state index in [2.05, 4.69) is 15.3 Å². The zero-order valence-electron chi connectivity index (χ0n) is 12.9. The number of hydrogen-bond acceptors (Lipinski definition) is 4. The number of rotatable bonds is 4. The summed E-state index contributed by atoms with van der Waals surface area (Å²) in [5, 5.41) is 2.66. The fourth-order valence-electron chi connectivity index (χ4n) is 2.12. The fraction of sp³-hybridized carbons (Fsp3) is 0.0556. The van der Waals surface area contributed by atoms with Crippen molar-refractivity contribution < 1.29 is 9.53 Å². The summed E-state index contributed by atoms with van der Waals surface area (Å²) < 4.78 is 5.75. The van der Waals surface area contributed by atoms with Crippen LogP contribution in [0.3, 0.4) is 0 Å². The molecule has 3 aromatic rings. The Hall–Kier alpha value is -3.41. The smallest absolute Gasteiger partial charge is 0.261 e. The summed E-state index contributed by atoms with van der Waals surface area (Å²) >= 11 is 0. The second-order valence-electron chi connectivity index (χ2n) is 5.14. The predicted molar refractivity (Wildman–Crippen MR) is 90.5 cm³/mol. The third-order valence-electron chi connectivity index (χ3n) is 3.30. The monoisotopic (exact) mass is 321 g/mol. The number of benzene rings is 1. The summed E-state index contributed by atoms with van der Waals surface area (Å²) in [4.78, 5) is 31.1. The first kappa shape index (κ1) is 15.5. The lowest BCUT2D eigenvalue weighted by atomic mass is 10.2. The molecule has 1 amide bonds. The van der Waals surface area contributed by atoms with E-state index in [1.165, 1.54) is 18.5 Å². The number of carbonyl (C=O) groups excluding carboxylic acids is 1. The lowest BCUT2D eigenvalue weighted by Gasteiger charge is -2.11. The van der Waals surface area contributed by atoms with Gasteiger partial charge in [0, 0.05) is 30.2 Å². The van der Waals surface area contributed by atoms with E-state index in [0.717, 1.165) is 0 Å². The van der Waals surface area contributed by atoms with E-state index in [9.17, 15) is 9.59 Å². The molecule has 120 valence electrons. The van der Waals surface area contributed by atoms with Gasteiger partial charge in [0.2, 0.25) is 0 Å². The summed E-state index contributed by atoms with van der Waals surface area (Å²) in [6.07, 6.45) is 4.42. The Bertz CT molecular complexity index is 920. The first-order valence-corrected chi connectivity index (χ1v) is 7.31. The molecule has 6 nitrogen and oxygen atoms in total. The summed E-state index contributed by atoms with van der Waals surface area (Å²) in [6, 6.07) is 12.2. The number of carbonyl (C=O) groups is 1. The minimum Gasteiger partial charge on any atom is -0.455 e. The van der Waals surface area contributed by atoms with Crippen LogP contribution < -0.4 is 15.5 Å². The second kappa shape index (κ2) is 6.78. The van der Waals surface area contributed by atoms with Crippen LogP contribution in [-0.4, -0.2) is 15.9 Å². The van der Waals surface area contributed by atoms with Crippen molar-refractivity contribution >= 4 is 11.6 Å². The SMILES string of the molecule is Cc1cc(=O)c(C(=O)Nc2cnccc2Oc2ccccc2)c[nH]1. The zero-order chi connectivity index (χ0) is 16.9. The van der Waals surface area contributed by atoms with Crippen LogP contribution in [0.25, 0.3) is 0 Å². The van der Waals surface area contributed by atoms with Crippen LogP contribution in [0.2, 0.25) is 0 Å². The van der Waals surface area contributed by atoms with Crippen molar-refractivity contribution in [2.75, 3.05) is 5.32 Å². The van der Waals surface area contributed by atoms with E-state index >= 15 is 0 Å². The number of ether oxygens (including phenoxy) is 1. The number of aromatic amines is 1. The number of H-pyrrole nitrogens is 1. The van der Waals surface area contributed by atoms with Gasteiger partial charge in [-0.2, -0.15) is 0 Å². The maximum atomic E-state index is 12.3. The minimum absolute atomic E-state index is 0.0233. The molecule has 0 bridgehead atoms. The number of pyridine rings is 2. The van der Waals surface area contributed by atoms with Gasteiger partial charge in [0.25, 0.3) is 5.91 Å². The van der Waals surface area contributed by atoms with Gasteiger partial charge in [0.05, 0.1) is 6.20 Å². The molecular weight excluding hydrogens is 306 g/mol. The topological polar surface area (TPSA) is 84.1 Å². The van der Waals surface area contributed by atoms with Gasteiger partial charge in [0.1, 0.15) is 17.0 Å². The summed E-state index contributed by atoms with van der Waals surface area (Å²) in [7, 11) is 0. The lowest BCUT2D eigenvalue weighted by molar-refractivity contribution is 0.102. The highest BCUT2D eigenvalue weighted by molar-refractivity contribution is 6.04. The number of amides is 1. The van der Waals surface area contributed by atoms with Crippen LogP contribution in [-0.2, 0) is 0 Å². The molecule has 6 heteroatoms. The molecule has 0 saturated heterocycles. The number of nitrogens with one attached hydrogen (secondary N) is 2. The van der Waals surface area contributed by atoms with Gasteiger partial charge in [0.15, 0.2) is 11.2 Å². The maximum Gasteiger partial charge on any atom is 0.261 e. The van der Waals surface area contributed by atoms with Gasteiger partial charge in [-0.15, -0.1) is 0 Å². The highest BCUT2D eigenvalue weighted by Crippen LogP contribution is 2.28. The molecule has 0 atom stereocenters. The Morgan fingerprint density at radius 2 is 2.00 bits per heavy atom. The maximum absolute atomic E-state index is 12.3. The van der Waals surface area contributed by atoms with Crippen molar-refractivity contribution in [2.45, 2.75) is 6.92 Å². The fourth-order valence-corrected chi connectivity index (χ4v) is 2.12. The van der Waals surface area contributed by atoms with Crippen molar-refractivity contribution in [2.24, 2.45) is 0 Å². The average Bonchev–Trinajstić information content (AvgIpc) is 2.57. The number of aromatic nitrogens is 2. The van der Waals surface area contributed by atoms with E-state index in [0.29, 0.717) is 22.9 Å². The average molecular weight is 321 g/mol. The zero-order valence-corrected chi connectivity index (χ0v) is 12.9. The molecule has 3 rings (SSSR count). The minimum atomic E-state index is -0.526. The predicted octanol–water partition coefficient (Wildman–Crippen LogP) is 3.12. The van der Waals surface area contributed by atoms with Crippen molar-refractivity contribution in [3.05, 3.63) is 82.5 Å². The number of nitrogens with zero attached hydrogens (tertiary/aromatic N) is 1. The van der Waals surface area contributed by atoms with Crippen molar-refractivity contribution in [1.29, 1.82) is 0 Å². The van der Waals surface area contributed by atoms with E-state index in [4.69, 9.17) is 4.74 Å². The molecule has 2 aromatic heterocycles. The van der Waals surface area contributed by atoms with E-state index < -0.39 is 5.91 Å². The highest BCUT2D eigenvalue weighted by Gasteiger charge is 2.13. The first-order chi connectivity index (χ1) is 11.6. The van der Waals surface area contributed by atoms with Gasteiger partial charge >= 0.3 is 0 Å². The molecule has 0 aliphatic rings. The van der Waals surface area contributed by atoms with Gasteiger partial charge in [-0.05, 0) is 19.1 Å². The normalized spacial score (nSPS) is 10.2. The summed E-state index contributed by atoms with van der Waals surface area (Å²) in [5.41, 5.74) is 0.741. The third kappa shape index (κ3) is 3.49. The first-order valence-electron chi connectivity index (χ1n) is 7.31.